The summed E-state index contributed by atoms with van der Waals surface area (Å²) in [5, 5.41) is 0. The highest BCUT2D eigenvalue weighted by Gasteiger charge is 2.50. The van der Waals surface area contributed by atoms with E-state index in [0.717, 1.165) is 5.56 Å². The van der Waals surface area contributed by atoms with Gasteiger partial charge in [0.15, 0.2) is 6.23 Å². The summed E-state index contributed by atoms with van der Waals surface area (Å²) in [6.45, 7) is 9.39. The Hall–Kier alpha value is -2.30. The van der Waals surface area contributed by atoms with Crippen LogP contribution in [0.4, 0.5) is 4.79 Å². The lowest BCUT2D eigenvalue weighted by Crippen LogP contribution is -2.48. The van der Waals surface area contributed by atoms with Crippen molar-refractivity contribution in [3.63, 3.8) is 0 Å². The van der Waals surface area contributed by atoms with Crippen LogP contribution in [0.1, 0.15) is 26.3 Å². The topological polar surface area (TPSA) is 55.8 Å². The molecule has 1 saturated heterocycles. The standard InChI is InChI=1S/C18H23NO4/c1-5-11-22-17(21)19-14(12-13-9-7-6-8-10-13)15(20)23-16(19)18(2,3)4/h5-10,14,16H,1,11-12H2,2-4H3/t14-,16-/m1/s1. The van der Waals surface area contributed by atoms with E-state index in [1.165, 1.54) is 11.0 Å². The van der Waals surface area contributed by atoms with Gasteiger partial charge in [0, 0.05) is 11.8 Å². The minimum atomic E-state index is -0.682. The molecule has 1 aromatic rings. The van der Waals surface area contributed by atoms with Crippen LogP contribution in [0.15, 0.2) is 43.0 Å². The molecular formula is C18H23NO4. The number of amides is 1. The Labute approximate surface area is 136 Å². The van der Waals surface area contributed by atoms with Crippen LogP contribution in [0.3, 0.4) is 0 Å². The van der Waals surface area contributed by atoms with Gasteiger partial charge in [-0.15, -0.1) is 0 Å². The zero-order valence-electron chi connectivity index (χ0n) is 13.8. The molecule has 0 unspecified atom stereocenters. The molecular weight excluding hydrogens is 294 g/mol. The van der Waals surface area contributed by atoms with Gasteiger partial charge in [0.2, 0.25) is 0 Å². The molecule has 0 spiro atoms. The van der Waals surface area contributed by atoms with Crippen LogP contribution in [0, 0.1) is 5.41 Å². The van der Waals surface area contributed by atoms with Crippen LogP contribution in [0.25, 0.3) is 0 Å². The Morgan fingerprint density at radius 1 is 1.35 bits per heavy atom. The molecule has 0 N–H and O–H groups in total. The molecule has 0 aliphatic carbocycles. The molecule has 124 valence electrons. The molecule has 1 aromatic carbocycles. The van der Waals surface area contributed by atoms with E-state index < -0.39 is 29.7 Å². The Kier molecular flexibility index (Phi) is 5.08. The van der Waals surface area contributed by atoms with Crippen LogP contribution in [-0.4, -0.2) is 35.8 Å². The third-order valence-electron chi connectivity index (χ3n) is 3.64. The van der Waals surface area contributed by atoms with Crippen molar-refractivity contribution in [1.82, 2.24) is 4.90 Å². The smallest absolute Gasteiger partial charge is 0.413 e. The molecule has 5 heteroatoms. The predicted octanol–water partition coefficient (Wildman–Crippen LogP) is 3.15. The first-order valence-corrected chi connectivity index (χ1v) is 7.65. The van der Waals surface area contributed by atoms with Gasteiger partial charge in [-0.25, -0.2) is 9.59 Å². The van der Waals surface area contributed by atoms with Gasteiger partial charge >= 0.3 is 12.1 Å². The second-order valence-electron chi connectivity index (χ2n) is 6.63. The van der Waals surface area contributed by atoms with Crippen LogP contribution >= 0.6 is 0 Å². The number of ether oxygens (including phenoxy) is 2. The zero-order valence-corrected chi connectivity index (χ0v) is 13.8. The molecule has 0 aromatic heterocycles. The van der Waals surface area contributed by atoms with Gasteiger partial charge in [0.1, 0.15) is 12.6 Å². The lowest BCUT2D eigenvalue weighted by Gasteiger charge is -2.33. The summed E-state index contributed by atoms with van der Waals surface area (Å²) in [6.07, 6.45) is 0.683. The summed E-state index contributed by atoms with van der Waals surface area (Å²) in [4.78, 5) is 26.2. The van der Waals surface area contributed by atoms with E-state index >= 15 is 0 Å². The first kappa shape index (κ1) is 17.1. The van der Waals surface area contributed by atoms with Gasteiger partial charge in [0.25, 0.3) is 0 Å². The van der Waals surface area contributed by atoms with Gasteiger partial charge in [0.05, 0.1) is 0 Å². The number of esters is 1. The van der Waals surface area contributed by atoms with Crippen LogP contribution < -0.4 is 0 Å². The zero-order chi connectivity index (χ0) is 17.0. The molecule has 1 heterocycles. The molecule has 0 radical (unpaired) electrons. The van der Waals surface area contributed by atoms with Gasteiger partial charge in [-0.1, -0.05) is 63.8 Å². The highest BCUT2D eigenvalue weighted by atomic mass is 16.6. The number of cyclic esters (lactones) is 1. The largest absolute Gasteiger partial charge is 0.445 e. The highest BCUT2D eigenvalue weighted by molar-refractivity contribution is 5.85. The van der Waals surface area contributed by atoms with E-state index in [-0.39, 0.29) is 6.61 Å². The first-order valence-electron chi connectivity index (χ1n) is 7.65. The maximum atomic E-state index is 12.4. The van der Waals surface area contributed by atoms with Crippen LogP contribution in [-0.2, 0) is 20.7 Å². The number of hydrogen-bond acceptors (Lipinski definition) is 4. The first-order chi connectivity index (χ1) is 10.8. The van der Waals surface area contributed by atoms with E-state index in [0.29, 0.717) is 6.42 Å². The molecule has 0 bridgehead atoms. The van der Waals surface area contributed by atoms with E-state index in [1.54, 1.807) is 0 Å². The Morgan fingerprint density at radius 2 is 2.00 bits per heavy atom. The predicted molar refractivity (Wildman–Crippen MR) is 86.7 cm³/mol. The lowest BCUT2D eigenvalue weighted by molar-refractivity contribution is -0.147. The molecule has 2 atom stereocenters. The van der Waals surface area contributed by atoms with Crippen molar-refractivity contribution in [3.05, 3.63) is 48.6 Å². The van der Waals surface area contributed by atoms with E-state index in [9.17, 15) is 9.59 Å². The minimum Gasteiger partial charge on any atom is -0.445 e. The van der Waals surface area contributed by atoms with Crippen LogP contribution in [0.5, 0.6) is 0 Å². The third kappa shape index (κ3) is 3.92. The van der Waals surface area contributed by atoms with E-state index in [1.807, 2.05) is 51.1 Å². The molecule has 0 saturated carbocycles. The second-order valence-corrected chi connectivity index (χ2v) is 6.63. The minimum absolute atomic E-state index is 0.0957. The average Bonchev–Trinajstić information content (AvgIpc) is 2.83. The summed E-state index contributed by atoms with van der Waals surface area (Å²) in [6, 6.07) is 8.87. The van der Waals surface area contributed by atoms with Crippen molar-refractivity contribution in [3.8, 4) is 0 Å². The molecule has 5 nitrogen and oxygen atoms in total. The Morgan fingerprint density at radius 3 is 2.57 bits per heavy atom. The number of benzene rings is 1. The highest BCUT2D eigenvalue weighted by Crippen LogP contribution is 2.34. The SMILES string of the molecule is C=CCOC(=O)N1[C@H](Cc2ccccc2)C(=O)O[C@@H]1C(C)(C)C. The number of nitrogens with zero attached hydrogens (tertiary/aromatic N) is 1. The Balaban J connectivity index is 2.27. The van der Waals surface area contributed by atoms with Crippen molar-refractivity contribution in [2.45, 2.75) is 39.5 Å². The van der Waals surface area contributed by atoms with Gasteiger partial charge in [-0.05, 0) is 5.56 Å². The van der Waals surface area contributed by atoms with Crippen molar-refractivity contribution in [2.24, 2.45) is 5.41 Å². The molecule has 23 heavy (non-hydrogen) atoms. The van der Waals surface area contributed by atoms with Crippen molar-refractivity contribution in [2.75, 3.05) is 6.61 Å². The normalized spacial score (nSPS) is 21.0. The van der Waals surface area contributed by atoms with Crippen molar-refractivity contribution < 1.29 is 19.1 Å². The summed E-state index contributed by atoms with van der Waals surface area (Å²) in [7, 11) is 0. The molecule has 1 aliphatic rings. The quantitative estimate of drug-likeness (QED) is 0.632. The fourth-order valence-corrected chi connectivity index (χ4v) is 2.56. The summed E-state index contributed by atoms with van der Waals surface area (Å²) in [5.74, 6) is -0.399. The van der Waals surface area contributed by atoms with Gasteiger partial charge in [-0.2, -0.15) is 0 Å². The number of rotatable bonds is 4. The molecule has 2 rings (SSSR count). The summed E-state index contributed by atoms with van der Waals surface area (Å²) < 4.78 is 10.6. The van der Waals surface area contributed by atoms with Crippen molar-refractivity contribution in [1.29, 1.82) is 0 Å². The second kappa shape index (κ2) is 6.86. The molecule has 1 amide bonds. The summed E-state index contributed by atoms with van der Waals surface area (Å²) >= 11 is 0. The number of hydrogen-bond donors (Lipinski definition) is 0. The van der Waals surface area contributed by atoms with Gasteiger partial charge < -0.3 is 9.47 Å². The van der Waals surface area contributed by atoms with Gasteiger partial charge in [-0.3, -0.25) is 4.90 Å². The van der Waals surface area contributed by atoms with E-state index in [4.69, 9.17) is 9.47 Å². The maximum Gasteiger partial charge on any atom is 0.413 e. The fraction of sp³-hybridized carbons (Fsp3) is 0.444. The Bertz CT molecular complexity index is 576. The number of carbonyl (C=O) groups is 2. The number of carbonyl (C=O) groups excluding carboxylic acids is 2. The fourth-order valence-electron chi connectivity index (χ4n) is 2.56. The third-order valence-corrected chi connectivity index (χ3v) is 3.64. The summed E-state index contributed by atoms with van der Waals surface area (Å²) in [5.41, 5.74) is 0.555. The lowest BCUT2D eigenvalue weighted by atomic mass is 9.93. The monoisotopic (exact) mass is 317 g/mol. The molecule has 1 aliphatic heterocycles. The van der Waals surface area contributed by atoms with E-state index in [2.05, 4.69) is 6.58 Å². The maximum absolute atomic E-state index is 12.4. The van der Waals surface area contributed by atoms with Crippen molar-refractivity contribution >= 4 is 12.1 Å². The average molecular weight is 317 g/mol. The van der Waals surface area contributed by atoms with Crippen LogP contribution in [0.2, 0.25) is 0 Å². The molecule has 1 fully saturated rings.